The van der Waals surface area contributed by atoms with Gasteiger partial charge in [-0.25, -0.2) is 0 Å². The smallest absolute Gasteiger partial charge is 0.273 e. The van der Waals surface area contributed by atoms with Crippen LogP contribution in [-0.4, -0.2) is 38.3 Å². The molecule has 1 aromatic heterocycles. The number of aromatic nitrogens is 1. The molecule has 0 aliphatic heterocycles. The molecule has 8 heteroatoms. The number of nitrogens with one attached hydrogen (secondary N) is 2. The highest BCUT2D eigenvalue weighted by molar-refractivity contribution is 5.92. The number of hydrogen-bond acceptors (Lipinski definition) is 6. The van der Waals surface area contributed by atoms with Crippen molar-refractivity contribution in [3.63, 3.8) is 0 Å². The fraction of sp³-hybridized carbons (Fsp3) is 0.375. The Morgan fingerprint density at radius 1 is 1.25 bits per heavy atom. The van der Waals surface area contributed by atoms with Gasteiger partial charge in [0.2, 0.25) is 0 Å². The van der Waals surface area contributed by atoms with Gasteiger partial charge in [0.1, 0.15) is 6.61 Å². The van der Waals surface area contributed by atoms with E-state index < -0.39 is 0 Å². The number of aryl methyl sites for hydroxylation is 1. The number of nitrogens with zero attached hydrogens (tertiary/aromatic N) is 1. The van der Waals surface area contributed by atoms with Crippen LogP contribution >= 0.6 is 12.4 Å². The summed E-state index contributed by atoms with van der Waals surface area (Å²) >= 11 is 0. The second-order valence-corrected chi connectivity index (χ2v) is 4.98. The third-order valence-corrected chi connectivity index (χ3v) is 3.14. The molecule has 0 fully saturated rings. The first kappa shape index (κ1) is 19.8. The molecule has 24 heavy (non-hydrogen) atoms. The molecule has 0 aliphatic carbocycles. The van der Waals surface area contributed by atoms with Crippen LogP contribution in [0.25, 0.3) is 0 Å². The Balaban J connectivity index is 0.00000288. The van der Waals surface area contributed by atoms with Crippen molar-refractivity contribution in [3.05, 3.63) is 41.3 Å². The Morgan fingerprint density at radius 3 is 2.75 bits per heavy atom. The zero-order valence-corrected chi connectivity index (χ0v) is 14.7. The quantitative estimate of drug-likeness (QED) is 0.704. The molecule has 2 rings (SSSR count). The molecule has 0 saturated heterocycles. The van der Waals surface area contributed by atoms with Gasteiger partial charge in [-0.2, -0.15) is 0 Å². The molecule has 1 aromatic carbocycles. The summed E-state index contributed by atoms with van der Waals surface area (Å²) in [6, 6.07) is 7.21. The van der Waals surface area contributed by atoms with Crippen molar-refractivity contribution in [1.29, 1.82) is 0 Å². The molecule has 2 N–H and O–H groups in total. The average Bonchev–Trinajstić information content (AvgIpc) is 3.02. The number of carbonyl (C=O) groups excluding carboxylic acids is 1. The van der Waals surface area contributed by atoms with Gasteiger partial charge < -0.3 is 24.6 Å². The molecule has 0 bridgehead atoms. The SMILES string of the molecule is CNCCNC(=O)c1cc(COc2ccc(C)cc2OC)on1.Cl. The van der Waals surface area contributed by atoms with E-state index in [-0.39, 0.29) is 30.6 Å². The third kappa shape index (κ3) is 5.43. The molecule has 1 heterocycles. The van der Waals surface area contributed by atoms with Crippen molar-refractivity contribution in [2.45, 2.75) is 13.5 Å². The van der Waals surface area contributed by atoms with Crippen LogP contribution in [0.5, 0.6) is 11.5 Å². The number of carbonyl (C=O) groups is 1. The van der Waals surface area contributed by atoms with Crippen LogP contribution in [-0.2, 0) is 6.61 Å². The van der Waals surface area contributed by atoms with E-state index in [2.05, 4.69) is 15.8 Å². The highest BCUT2D eigenvalue weighted by Gasteiger charge is 2.13. The number of hydrogen-bond donors (Lipinski definition) is 2. The third-order valence-electron chi connectivity index (χ3n) is 3.14. The van der Waals surface area contributed by atoms with Gasteiger partial charge in [-0.05, 0) is 31.7 Å². The van der Waals surface area contributed by atoms with Gasteiger partial charge in [-0.15, -0.1) is 12.4 Å². The van der Waals surface area contributed by atoms with Gasteiger partial charge in [-0.1, -0.05) is 11.2 Å². The second kappa shape index (κ2) is 9.79. The monoisotopic (exact) mass is 355 g/mol. The van der Waals surface area contributed by atoms with E-state index in [1.54, 1.807) is 13.2 Å². The minimum absolute atomic E-state index is 0. The van der Waals surface area contributed by atoms with Gasteiger partial charge in [0, 0.05) is 19.2 Å². The number of benzene rings is 1. The van der Waals surface area contributed by atoms with E-state index in [1.165, 1.54) is 0 Å². The number of ether oxygens (including phenoxy) is 2. The molecule has 0 spiro atoms. The molecule has 132 valence electrons. The highest BCUT2D eigenvalue weighted by atomic mass is 35.5. The van der Waals surface area contributed by atoms with Gasteiger partial charge in [0.25, 0.3) is 5.91 Å². The number of halogens is 1. The zero-order chi connectivity index (χ0) is 16.7. The lowest BCUT2D eigenvalue weighted by molar-refractivity contribution is 0.0944. The Hall–Kier alpha value is -2.25. The summed E-state index contributed by atoms with van der Waals surface area (Å²) in [5.41, 5.74) is 1.31. The lowest BCUT2D eigenvalue weighted by Gasteiger charge is -2.09. The van der Waals surface area contributed by atoms with Crippen LogP contribution < -0.4 is 20.1 Å². The molecular formula is C16H22ClN3O4. The molecule has 0 aliphatic rings. The average molecular weight is 356 g/mol. The van der Waals surface area contributed by atoms with E-state index in [9.17, 15) is 4.79 Å². The van der Waals surface area contributed by atoms with E-state index in [4.69, 9.17) is 14.0 Å². The minimum Gasteiger partial charge on any atom is -0.493 e. The molecule has 1 amide bonds. The molecule has 0 saturated carbocycles. The van der Waals surface area contributed by atoms with E-state index in [0.717, 1.165) is 5.56 Å². The van der Waals surface area contributed by atoms with Crippen molar-refractivity contribution in [3.8, 4) is 11.5 Å². The number of likely N-dealkylation sites (N-methyl/N-ethyl adjacent to an activating group) is 1. The van der Waals surface area contributed by atoms with Crippen molar-refractivity contribution in [2.24, 2.45) is 0 Å². The molecule has 0 unspecified atom stereocenters. The van der Waals surface area contributed by atoms with Crippen LogP contribution in [0.3, 0.4) is 0 Å². The molecule has 0 atom stereocenters. The van der Waals surface area contributed by atoms with E-state index in [0.29, 0.717) is 30.3 Å². The summed E-state index contributed by atoms with van der Waals surface area (Å²) in [5, 5.41) is 9.41. The van der Waals surface area contributed by atoms with Crippen molar-refractivity contribution in [2.75, 3.05) is 27.2 Å². The fourth-order valence-electron chi connectivity index (χ4n) is 1.92. The highest BCUT2D eigenvalue weighted by Crippen LogP contribution is 2.28. The van der Waals surface area contributed by atoms with Gasteiger partial charge in [0.05, 0.1) is 7.11 Å². The first-order valence-electron chi connectivity index (χ1n) is 7.30. The van der Waals surface area contributed by atoms with Crippen LogP contribution in [0.2, 0.25) is 0 Å². The predicted octanol–water partition coefficient (Wildman–Crippen LogP) is 1.94. The summed E-state index contributed by atoms with van der Waals surface area (Å²) < 4.78 is 16.1. The molecule has 7 nitrogen and oxygen atoms in total. The maximum absolute atomic E-state index is 11.8. The summed E-state index contributed by atoms with van der Waals surface area (Å²) in [5.74, 6) is 1.44. The van der Waals surface area contributed by atoms with Gasteiger partial charge in [-0.3, -0.25) is 4.79 Å². The zero-order valence-electron chi connectivity index (χ0n) is 13.9. The van der Waals surface area contributed by atoms with Crippen LogP contribution in [0.1, 0.15) is 21.8 Å². The van der Waals surface area contributed by atoms with Crippen LogP contribution in [0.4, 0.5) is 0 Å². The Morgan fingerprint density at radius 2 is 2.04 bits per heavy atom. The molecular weight excluding hydrogens is 334 g/mol. The summed E-state index contributed by atoms with van der Waals surface area (Å²) in [6.45, 7) is 3.35. The summed E-state index contributed by atoms with van der Waals surface area (Å²) in [6.07, 6.45) is 0. The Kier molecular flexibility index (Phi) is 8.08. The first-order valence-corrected chi connectivity index (χ1v) is 7.30. The fourth-order valence-corrected chi connectivity index (χ4v) is 1.92. The number of amides is 1. The normalized spacial score (nSPS) is 9.96. The molecule has 2 aromatic rings. The molecule has 0 radical (unpaired) electrons. The lowest BCUT2D eigenvalue weighted by atomic mass is 10.2. The Bertz CT molecular complexity index is 661. The maximum atomic E-state index is 11.8. The van der Waals surface area contributed by atoms with Gasteiger partial charge in [0.15, 0.2) is 23.0 Å². The summed E-state index contributed by atoms with van der Waals surface area (Å²) in [7, 11) is 3.40. The maximum Gasteiger partial charge on any atom is 0.273 e. The second-order valence-electron chi connectivity index (χ2n) is 4.98. The Labute approximate surface area is 147 Å². The van der Waals surface area contributed by atoms with E-state index in [1.807, 2.05) is 32.2 Å². The first-order chi connectivity index (χ1) is 11.1. The van der Waals surface area contributed by atoms with Crippen molar-refractivity contribution >= 4 is 18.3 Å². The van der Waals surface area contributed by atoms with Crippen molar-refractivity contribution in [1.82, 2.24) is 15.8 Å². The topological polar surface area (TPSA) is 85.6 Å². The lowest BCUT2D eigenvalue weighted by Crippen LogP contribution is -2.30. The number of rotatable bonds is 8. The van der Waals surface area contributed by atoms with Crippen LogP contribution in [0.15, 0.2) is 28.8 Å². The summed E-state index contributed by atoms with van der Waals surface area (Å²) in [4.78, 5) is 11.8. The van der Waals surface area contributed by atoms with Crippen molar-refractivity contribution < 1.29 is 18.8 Å². The minimum atomic E-state index is -0.275. The largest absolute Gasteiger partial charge is 0.493 e. The van der Waals surface area contributed by atoms with Gasteiger partial charge >= 0.3 is 0 Å². The van der Waals surface area contributed by atoms with E-state index >= 15 is 0 Å². The van der Waals surface area contributed by atoms with Crippen LogP contribution in [0, 0.1) is 6.92 Å². The predicted molar refractivity (Wildman–Crippen MR) is 92.1 cm³/mol. The standard InChI is InChI=1S/C16H21N3O4.ClH/c1-11-4-5-14(15(8-11)21-3)22-10-12-9-13(19-23-12)16(20)18-7-6-17-2;/h4-5,8-9,17H,6-7,10H2,1-3H3,(H,18,20);1H. The number of methoxy groups -OCH3 is 1.